The highest BCUT2D eigenvalue weighted by Gasteiger charge is 2.37. The van der Waals surface area contributed by atoms with Crippen molar-refractivity contribution in [1.29, 1.82) is 0 Å². The Balaban J connectivity index is 2.16. The highest BCUT2D eigenvalue weighted by molar-refractivity contribution is 9.10. The first-order valence-electron chi connectivity index (χ1n) is 8.11. The lowest BCUT2D eigenvalue weighted by Gasteiger charge is -2.43. The first kappa shape index (κ1) is 17.0. The average Bonchev–Trinajstić information content (AvgIpc) is 2.42. The molecule has 0 saturated heterocycles. The van der Waals surface area contributed by atoms with E-state index in [0.29, 0.717) is 21.8 Å². The average molecular weight is 356 g/mol. The van der Waals surface area contributed by atoms with Gasteiger partial charge in [0.25, 0.3) is 0 Å². The molecule has 0 aliphatic heterocycles. The van der Waals surface area contributed by atoms with E-state index in [1.54, 1.807) is 6.07 Å². The largest absolute Gasteiger partial charge is 0.314 e. The molecule has 2 atom stereocenters. The molecular weight excluding hydrogens is 329 g/mol. The minimum Gasteiger partial charge on any atom is -0.314 e. The van der Waals surface area contributed by atoms with Crippen LogP contribution < -0.4 is 5.32 Å². The molecule has 1 aromatic carbocycles. The van der Waals surface area contributed by atoms with Gasteiger partial charge in [-0.2, -0.15) is 0 Å². The molecule has 1 aliphatic carbocycles. The Labute approximate surface area is 136 Å². The normalized spacial score (nSPS) is 23.0. The summed E-state index contributed by atoms with van der Waals surface area (Å²) >= 11 is 3.30. The monoisotopic (exact) mass is 355 g/mol. The summed E-state index contributed by atoms with van der Waals surface area (Å²) in [6.07, 6.45) is 6.27. The minimum absolute atomic E-state index is 0.184. The van der Waals surface area contributed by atoms with Crippen LogP contribution in [0.3, 0.4) is 0 Å². The topological polar surface area (TPSA) is 12.0 Å². The Morgan fingerprint density at radius 2 is 2.14 bits per heavy atom. The zero-order valence-electron chi connectivity index (χ0n) is 13.4. The molecule has 1 aromatic rings. The molecule has 1 aliphatic rings. The van der Waals surface area contributed by atoms with Gasteiger partial charge in [0, 0.05) is 6.04 Å². The number of hydrogen-bond donors (Lipinski definition) is 1. The van der Waals surface area contributed by atoms with E-state index >= 15 is 0 Å². The second-order valence-electron chi connectivity index (χ2n) is 6.96. The van der Waals surface area contributed by atoms with Crippen LogP contribution in [0, 0.1) is 17.2 Å². The van der Waals surface area contributed by atoms with Crippen LogP contribution in [-0.4, -0.2) is 12.6 Å². The Hall–Kier alpha value is -0.410. The summed E-state index contributed by atoms with van der Waals surface area (Å²) in [5, 5.41) is 3.68. The lowest BCUT2D eigenvalue weighted by atomic mass is 9.65. The van der Waals surface area contributed by atoms with Gasteiger partial charge < -0.3 is 5.32 Å². The molecule has 21 heavy (non-hydrogen) atoms. The van der Waals surface area contributed by atoms with Crippen molar-refractivity contribution in [3.8, 4) is 0 Å². The van der Waals surface area contributed by atoms with E-state index < -0.39 is 0 Å². The molecule has 1 N–H and O–H groups in total. The number of likely N-dealkylation sites (N-methyl/N-ethyl adjacent to an activating group) is 1. The first-order chi connectivity index (χ1) is 9.94. The molecular formula is C18H27BrFN. The van der Waals surface area contributed by atoms with Crippen molar-refractivity contribution in [1.82, 2.24) is 5.32 Å². The molecule has 2 unspecified atom stereocenters. The Bertz CT molecular complexity index is 472. The fraction of sp³-hybridized carbons (Fsp3) is 0.667. The fourth-order valence-electron chi connectivity index (χ4n) is 3.81. The maximum absolute atomic E-state index is 13.4. The van der Waals surface area contributed by atoms with E-state index in [1.165, 1.54) is 31.2 Å². The molecule has 3 heteroatoms. The number of benzene rings is 1. The zero-order valence-corrected chi connectivity index (χ0v) is 15.0. The van der Waals surface area contributed by atoms with Crippen LogP contribution in [0.5, 0.6) is 0 Å². The second-order valence-corrected chi connectivity index (χ2v) is 7.81. The Morgan fingerprint density at radius 1 is 1.38 bits per heavy atom. The summed E-state index contributed by atoms with van der Waals surface area (Å²) in [5.74, 6) is 0.506. The quantitative estimate of drug-likeness (QED) is 0.752. The van der Waals surface area contributed by atoms with Crippen molar-refractivity contribution >= 4 is 15.9 Å². The van der Waals surface area contributed by atoms with E-state index in [4.69, 9.17) is 0 Å². The van der Waals surface area contributed by atoms with Crippen molar-refractivity contribution in [2.45, 2.75) is 58.9 Å². The van der Waals surface area contributed by atoms with Crippen LogP contribution in [0.25, 0.3) is 0 Å². The molecule has 0 heterocycles. The summed E-state index contributed by atoms with van der Waals surface area (Å²) in [5.41, 5.74) is 1.60. The predicted molar refractivity (Wildman–Crippen MR) is 91.0 cm³/mol. The third-order valence-electron chi connectivity index (χ3n) is 4.98. The molecule has 1 nitrogen and oxygen atoms in total. The van der Waals surface area contributed by atoms with Gasteiger partial charge in [-0.3, -0.25) is 0 Å². The first-order valence-corrected chi connectivity index (χ1v) is 8.90. The lowest BCUT2D eigenvalue weighted by molar-refractivity contribution is 0.0987. The molecule has 1 fully saturated rings. The Morgan fingerprint density at radius 3 is 2.76 bits per heavy atom. The van der Waals surface area contributed by atoms with E-state index in [0.717, 1.165) is 13.0 Å². The molecule has 1 saturated carbocycles. The van der Waals surface area contributed by atoms with Crippen molar-refractivity contribution in [3.63, 3.8) is 0 Å². The highest BCUT2D eigenvalue weighted by Crippen LogP contribution is 2.43. The van der Waals surface area contributed by atoms with Gasteiger partial charge in [-0.1, -0.05) is 39.7 Å². The molecule has 0 radical (unpaired) electrons. The van der Waals surface area contributed by atoms with Gasteiger partial charge in [-0.15, -0.1) is 0 Å². The predicted octanol–water partition coefficient (Wildman–Crippen LogP) is 5.33. The number of nitrogens with one attached hydrogen (secondary N) is 1. The third-order valence-corrected chi connectivity index (χ3v) is 5.59. The summed E-state index contributed by atoms with van der Waals surface area (Å²) in [6.45, 7) is 7.96. The van der Waals surface area contributed by atoms with E-state index in [-0.39, 0.29) is 5.82 Å². The molecule has 0 bridgehead atoms. The van der Waals surface area contributed by atoms with Gasteiger partial charge in [-0.25, -0.2) is 4.39 Å². The summed E-state index contributed by atoms with van der Waals surface area (Å²) in [4.78, 5) is 0. The van der Waals surface area contributed by atoms with Crippen LogP contribution in [0.1, 0.15) is 52.0 Å². The standard InChI is InChI=1S/C18H27BrFN/c1-4-21-17(14-7-5-6-10-18(14,2)3)12-13-8-9-16(20)15(19)11-13/h8-9,11,14,17,21H,4-7,10,12H2,1-3H3. The number of rotatable bonds is 5. The van der Waals surface area contributed by atoms with Gasteiger partial charge in [0.2, 0.25) is 0 Å². The zero-order chi connectivity index (χ0) is 15.5. The smallest absolute Gasteiger partial charge is 0.137 e. The van der Waals surface area contributed by atoms with Gasteiger partial charge in [0.05, 0.1) is 4.47 Å². The highest BCUT2D eigenvalue weighted by atomic mass is 79.9. The summed E-state index contributed by atoms with van der Waals surface area (Å²) < 4.78 is 14.0. The molecule has 0 aromatic heterocycles. The van der Waals surface area contributed by atoms with E-state index in [9.17, 15) is 4.39 Å². The van der Waals surface area contributed by atoms with E-state index in [2.05, 4.69) is 42.0 Å². The molecule has 0 amide bonds. The van der Waals surface area contributed by atoms with E-state index in [1.807, 2.05) is 12.1 Å². The fourth-order valence-corrected chi connectivity index (χ4v) is 4.23. The third kappa shape index (κ3) is 4.29. The Kier molecular flexibility index (Phi) is 5.84. The van der Waals surface area contributed by atoms with Crippen molar-refractivity contribution < 1.29 is 4.39 Å². The summed E-state index contributed by atoms with van der Waals surface area (Å²) in [7, 11) is 0. The molecule has 118 valence electrons. The number of halogens is 2. The van der Waals surface area contributed by atoms with Crippen LogP contribution in [0.4, 0.5) is 4.39 Å². The van der Waals surface area contributed by atoms with Gasteiger partial charge >= 0.3 is 0 Å². The van der Waals surface area contributed by atoms with Gasteiger partial charge in [0.15, 0.2) is 0 Å². The molecule has 0 spiro atoms. The van der Waals surface area contributed by atoms with Crippen LogP contribution in [-0.2, 0) is 6.42 Å². The molecule has 2 rings (SSSR count). The van der Waals surface area contributed by atoms with Crippen LogP contribution in [0.15, 0.2) is 22.7 Å². The second kappa shape index (κ2) is 7.23. The van der Waals surface area contributed by atoms with Crippen LogP contribution >= 0.6 is 15.9 Å². The van der Waals surface area contributed by atoms with Crippen molar-refractivity contribution in [2.24, 2.45) is 11.3 Å². The summed E-state index contributed by atoms with van der Waals surface area (Å²) in [6, 6.07) is 5.88. The van der Waals surface area contributed by atoms with Crippen LogP contribution in [0.2, 0.25) is 0 Å². The van der Waals surface area contributed by atoms with Crippen molar-refractivity contribution in [2.75, 3.05) is 6.54 Å². The van der Waals surface area contributed by atoms with Crippen molar-refractivity contribution in [3.05, 3.63) is 34.1 Å². The lowest BCUT2D eigenvalue weighted by Crippen LogP contribution is -2.46. The number of hydrogen-bond acceptors (Lipinski definition) is 1. The van der Waals surface area contributed by atoms with Gasteiger partial charge in [-0.05, 0) is 70.8 Å². The SMILES string of the molecule is CCNC(Cc1ccc(F)c(Br)c1)C1CCCCC1(C)C. The maximum Gasteiger partial charge on any atom is 0.137 e. The maximum atomic E-state index is 13.4. The van der Waals surface area contributed by atoms with Gasteiger partial charge in [0.1, 0.15) is 5.82 Å². The minimum atomic E-state index is -0.184.